The molecular weight excluding hydrogens is 378 g/mol. The third kappa shape index (κ3) is 3.46. The molecule has 0 bridgehead atoms. The van der Waals surface area contributed by atoms with Crippen molar-refractivity contribution in [3.8, 4) is 0 Å². The Balaban J connectivity index is 1.45. The number of aryl methyl sites for hydroxylation is 1. The standard InChI is InChI=1S/C18H19N7O2S/c1-10-14-17(28-24-10)19-9-12(18(27)25(14)2)20-16(26)15-21-13(22-23-15)8-11-6-4-3-5-7-11/h3-7,12,19H,8-9H2,1-2H3,(H,20,26)(H,21,22,23)/t12-/m0/s1. The molecule has 144 valence electrons. The largest absolute Gasteiger partial charge is 0.371 e. The smallest absolute Gasteiger partial charge is 0.289 e. The van der Waals surface area contributed by atoms with E-state index in [9.17, 15) is 9.59 Å². The van der Waals surface area contributed by atoms with E-state index in [2.05, 4.69) is 30.2 Å². The minimum atomic E-state index is -0.723. The fourth-order valence-electron chi connectivity index (χ4n) is 3.11. The van der Waals surface area contributed by atoms with Gasteiger partial charge in [-0.3, -0.25) is 9.59 Å². The zero-order valence-corrected chi connectivity index (χ0v) is 16.2. The lowest BCUT2D eigenvalue weighted by Gasteiger charge is -2.20. The molecule has 0 aliphatic carbocycles. The van der Waals surface area contributed by atoms with Gasteiger partial charge in [0, 0.05) is 20.0 Å². The van der Waals surface area contributed by atoms with Crippen LogP contribution in [0.25, 0.3) is 0 Å². The monoisotopic (exact) mass is 397 g/mol. The maximum Gasteiger partial charge on any atom is 0.289 e. The minimum Gasteiger partial charge on any atom is -0.371 e. The molecule has 1 aliphatic rings. The summed E-state index contributed by atoms with van der Waals surface area (Å²) >= 11 is 1.30. The maximum atomic E-state index is 12.8. The average molecular weight is 397 g/mol. The lowest BCUT2D eigenvalue weighted by Crippen LogP contribution is -2.49. The summed E-state index contributed by atoms with van der Waals surface area (Å²) in [6.45, 7) is 2.12. The molecule has 0 saturated carbocycles. The van der Waals surface area contributed by atoms with Gasteiger partial charge in [0.1, 0.15) is 22.6 Å². The molecule has 3 heterocycles. The fourth-order valence-corrected chi connectivity index (χ4v) is 3.94. The van der Waals surface area contributed by atoms with Crippen LogP contribution in [0.2, 0.25) is 0 Å². The minimum absolute atomic E-state index is 0.0817. The Labute approximate surface area is 165 Å². The number of nitrogens with one attached hydrogen (secondary N) is 3. The molecule has 0 unspecified atom stereocenters. The summed E-state index contributed by atoms with van der Waals surface area (Å²) < 4.78 is 4.27. The quantitative estimate of drug-likeness (QED) is 0.612. The number of benzene rings is 1. The van der Waals surface area contributed by atoms with Crippen LogP contribution in [0.1, 0.15) is 27.7 Å². The van der Waals surface area contributed by atoms with E-state index >= 15 is 0 Å². The number of carbonyl (C=O) groups excluding carboxylic acids is 2. The number of rotatable bonds is 4. The van der Waals surface area contributed by atoms with Gasteiger partial charge in [0.2, 0.25) is 5.82 Å². The average Bonchev–Trinajstić information content (AvgIpc) is 3.28. The molecule has 0 radical (unpaired) electrons. The molecule has 1 atom stereocenters. The normalized spacial score (nSPS) is 16.3. The lowest BCUT2D eigenvalue weighted by atomic mass is 10.1. The van der Waals surface area contributed by atoms with E-state index < -0.39 is 11.9 Å². The zero-order chi connectivity index (χ0) is 19.7. The number of anilines is 2. The van der Waals surface area contributed by atoms with Gasteiger partial charge >= 0.3 is 0 Å². The summed E-state index contributed by atoms with van der Waals surface area (Å²) in [5, 5.41) is 14.7. The molecule has 4 rings (SSSR count). The van der Waals surface area contributed by atoms with Crippen LogP contribution in [0.15, 0.2) is 30.3 Å². The number of fused-ring (bicyclic) bond motifs is 1. The Morgan fingerprint density at radius 1 is 1.32 bits per heavy atom. The third-order valence-electron chi connectivity index (χ3n) is 4.53. The number of aromatic amines is 1. The van der Waals surface area contributed by atoms with E-state index in [0.717, 1.165) is 21.9 Å². The van der Waals surface area contributed by atoms with Gasteiger partial charge in [-0.1, -0.05) is 30.3 Å². The number of hydrogen-bond donors (Lipinski definition) is 3. The molecule has 2 amide bonds. The Bertz CT molecular complexity index is 1010. The summed E-state index contributed by atoms with van der Waals surface area (Å²) in [4.78, 5) is 29.8. The van der Waals surface area contributed by atoms with Crippen molar-refractivity contribution in [2.45, 2.75) is 19.4 Å². The van der Waals surface area contributed by atoms with E-state index in [-0.39, 0.29) is 18.3 Å². The van der Waals surface area contributed by atoms with Crippen molar-refractivity contribution in [1.29, 1.82) is 0 Å². The molecule has 0 spiro atoms. The van der Waals surface area contributed by atoms with Crippen LogP contribution in [-0.2, 0) is 11.2 Å². The Morgan fingerprint density at radius 2 is 2.11 bits per heavy atom. The van der Waals surface area contributed by atoms with Crippen molar-refractivity contribution in [3.05, 3.63) is 53.2 Å². The SMILES string of the molecule is Cc1nsc2c1N(C)C(=O)[C@@H](NC(=O)c1nnc(Cc3ccccc3)[nH]1)CN2. The lowest BCUT2D eigenvalue weighted by molar-refractivity contribution is -0.119. The number of nitrogens with zero attached hydrogens (tertiary/aromatic N) is 4. The molecule has 1 aromatic carbocycles. The third-order valence-corrected chi connectivity index (χ3v) is 5.42. The number of amides is 2. The van der Waals surface area contributed by atoms with E-state index in [0.29, 0.717) is 12.2 Å². The van der Waals surface area contributed by atoms with Crippen molar-refractivity contribution in [2.75, 3.05) is 23.8 Å². The van der Waals surface area contributed by atoms with Gasteiger partial charge in [-0.2, -0.15) is 4.37 Å². The summed E-state index contributed by atoms with van der Waals surface area (Å²) in [5.74, 6) is -0.0201. The first-order chi connectivity index (χ1) is 13.5. The van der Waals surface area contributed by atoms with E-state index in [4.69, 9.17) is 0 Å². The fraction of sp³-hybridized carbons (Fsp3) is 0.278. The number of H-pyrrole nitrogens is 1. The molecule has 3 N–H and O–H groups in total. The van der Waals surface area contributed by atoms with Crippen molar-refractivity contribution in [3.63, 3.8) is 0 Å². The van der Waals surface area contributed by atoms with Crippen molar-refractivity contribution < 1.29 is 9.59 Å². The molecule has 28 heavy (non-hydrogen) atoms. The Kier molecular flexibility index (Phi) is 4.78. The summed E-state index contributed by atoms with van der Waals surface area (Å²) in [6.07, 6.45) is 0.542. The highest BCUT2D eigenvalue weighted by Crippen LogP contribution is 2.34. The highest BCUT2D eigenvalue weighted by molar-refractivity contribution is 7.11. The highest BCUT2D eigenvalue weighted by Gasteiger charge is 2.32. The number of hydrogen-bond acceptors (Lipinski definition) is 7. The van der Waals surface area contributed by atoms with Crippen LogP contribution >= 0.6 is 11.5 Å². The number of aromatic nitrogens is 4. The predicted molar refractivity (Wildman–Crippen MR) is 106 cm³/mol. The van der Waals surface area contributed by atoms with Crippen LogP contribution in [-0.4, -0.2) is 51.0 Å². The Morgan fingerprint density at radius 3 is 2.89 bits per heavy atom. The zero-order valence-electron chi connectivity index (χ0n) is 15.4. The molecule has 1 aliphatic heterocycles. The molecule has 10 heteroatoms. The predicted octanol–water partition coefficient (Wildman–Crippen LogP) is 1.35. The molecular formula is C18H19N7O2S. The van der Waals surface area contributed by atoms with E-state index in [1.165, 1.54) is 16.4 Å². The maximum absolute atomic E-state index is 12.8. The first-order valence-electron chi connectivity index (χ1n) is 8.77. The van der Waals surface area contributed by atoms with E-state index in [1.54, 1.807) is 7.05 Å². The summed E-state index contributed by atoms with van der Waals surface area (Å²) in [5.41, 5.74) is 2.58. The van der Waals surface area contributed by atoms with Crippen LogP contribution in [0, 0.1) is 6.92 Å². The number of carbonyl (C=O) groups is 2. The van der Waals surface area contributed by atoms with Gasteiger partial charge in [-0.05, 0) is 24.0 Å². The van der Waals surface area contributed by atoms with Gasteiger partial charge in [0.25, 0.3) is 11.8 Å². The van der Waals surface area contributed by atoms with Gasteiger partial charge in [0.15, 0.2) is 0 Å². The molecule has 2 aromatic heterocycles. The van der Waals surface area contributed by atoms with Crippen molar-refractivity contribution in [2.24, 2.45) is 0 Å². The summed E-state index contributed by atoms with van der Waals surface area (Å²) in [6, 6.07) is 9.05. The molecule has 9 nitrogen and oxygen atoms in total. The van der Waals surface area contributed by atoms with E-state index in [1.807, 2.05) is 37.3 Å². The topological polar surface area (TPSA) is 116 Å². The second kappa shape index (κ2) is 7.39. The van der Waals surface area contributed by atoms with Crippen LogP contribution in [0.4, 0.5) is 10.7 Å². The highest BCUT2D eigenvalue weighted by atomic mass is 32.1. The van der Waals surface area contributed by atoms with Gasteiger partial charge in [0.05, 0.1) is 5.69 Å². The summed E-state index contributed by atoms with van der Waals surface area (Å²) in [7, 11) is 1.68. The van der Waals surface area contributed by atoms with Crippen molar-refractivity contribution >= 4 is 34.0 Å². The van der Waals surface area contributed by atoms with Gasteiger partial charge in [-0.25, -0.2) is 0 Å². The van der Waals surface area contributed by atoms with Crippen LogP contribution in [0.3, 0.4) is 0 Å². The second-order valence-corrected chi connectivity index (χ2v) is 7.31. The molecule has 3 aromatic rings. The van der Waals surface area contributed by atoms with Gasteiger partial charge < -0.3 is 20.5 Å². The van der Waals surface area contributed by atoms with Crippen LogP contribution in [0.5, 0.6) is 0 Å². The number of likely N-dealkylation sites (N-methyl/N-ethyl adjacent to an activating group) is 1. The first kappa shape index (κ1) is 18.1. The molecule has 0 saturated heterocycles. The van der Waals surface area contributed by atoms with Crippen molar-refractivity contribution in [1.82, 2.24) is 24.9 Å². The van der Waals surface area contributed by atoms with Crippen LogP contribution < -0.4 is 15.5 Å². The molecule has 0 fully saturated rings. The first-order valence-corrected chi connectivity index (χ1v) is 9.54. The Hall–Kier alpha value is -3.27. The van der Waals surface area contributed by atoms with Gasteiger partial charge in [-0.15, -0.1) is 10.2 Å². The second-order valence-electron chi connectivity index (χ2n) is 6.53.